The molecule has 4 aliphatic rings. The highest BCUT2D eigenvalue weighted by atomic mass is 16.7. The van der Waals surface area contributed by atoms with Crippen molar-refractivity contribution in [3.05, 3.63) is 0 Å². The van der Waals surface area contributed by atoms with E-state index in [0.29, 0.717) is 25.0 Å². The summed E-state index contributed by atoms with van der Waals surface area (Å²) in [5.74, 6) is 6.73. The molecular formula is C21H32O4. The number of ether oxygens (including phenoxy) is 2. The summed E-state index contributed by atoms with van der Waals surface area (Å²) >= 11 is 0. The van der Waals surface area contributed by atoms with Crippen LogP contribution in [0.3, 0.4) is 0 Å². The normalized spacial score (nSPS) is 41.5. The molecule has 0 radical (unpaired) electrons. The monoisotopic (exact) mass is 348 g/mol. The first kappa shape index (κ1) is 17.8. The van der Waals surface area contributed by atoms with Crippen molar-refractivity contribution in [2.75, 3.05) is 13.2 Å². The van der Waals surface area contributed by atoms with Crippen molar-refractivity contribution in [1.82, 2.24) is 0 Å². The lowest BCUT2D eigenvalue weighted by Crippen LogP contribution is -2.67. The van der Waals surface area contributed by atoms with E-state index in [1.165, 1.54) is 32.1 Å². The Balaban J connectivity index is 1.41. The van der Waals surface area contributed by atoms with E-state index in [4.69, 9.17) is 9.47 Å². The van der Waals surface area contributed by atoms with Crippen LogP contribution < -0.4 is 0 Å². The second-order valence-electron chi connectivity index (χ2n) is 8.85. The second kappa shape index (κ2) is 6.85. The van der Waals surface area contributed by atoms with Crippen molar-refractivity contribution in [2.45, 2.75) is 82.7 Å². The summed E-state index contributed by atoms with van der Waals surface area (Å²) in [6, 6.07) is 0. The Morgan fingerprint density at radius 2 is 1.84 bits per heavy atom. The smallest absolute Gasteiger partial charge is 0.174 e. The molecule has 0 aromatic carbocycles. The SMILES string of the molecule is C[C@]12CC[C@@H](O)[C@H](C#C[C@@H](O)CC3CCCCC3)[C@H]1CC21OCCO1. The number of aliphatic hydroxyl groups excluding tert-OH is 2. The van der Waals surface area contributed by atoms with Crippen LogP contribution in [-0.2, 0) is 9.47 Å². The third-order valence-electron chi connectivity index (χ3n) is 7.44. The third kappa shape index (κ3) is 3.04. The lowest BCUT2D eigenvalue weighted by molar-refractivity contribution is -0.344. The van der Waals surface area contributed by atoms with E-state index < -0.39 is 18.0 Å². The molecule has 3 aliphatic carbocycles. The Morgan fingerprint density at radius 1 is 1.12 bits per heavy atom. The highest BCUT2D eigenvalue weighted by Gasteiger charge is 2.69. The van der Waals surface area contributed by atoms with Gasteiger partial charge in [-0.05, 0) is 31.1 Å². The average molecular weight is 348 g/mol. The zero-order chi connectivity index (χ0) is 17.5. The number of hydrogen-bond acceptors (Lipinski definition) is 4. The van der Waals surface area contributed by atoms with Gasteiger partial charge < -0.3 is 19.7 Å². The van der Waals surface area contributed by atoms with Gasteiger partial charge in [-0.25, -0.2) is 0 Å². The Bertz CT molecular complexity index is 538. The molecule has 4 rings (SSSR count). The van der Waals surface area contributed by atoms with E-state index in [9.17, 15) is 10.2 Å². The molecule has 4 fully saturated rings. The van der Waals surface area contributed by atoms with Gasteiger partial charge in [-0.2, -0.15) is 0 Å². The molecule has 2 N–H and O–H groups in total. The molecule has 1 spiro atoms. The molecule has 0 aromatic heterocycles. The fourth-order valence-electron chi connectivity index (χ4n) is 5.78. The average Bonchev–Trinajstić information content (AvgIpc) is 3.11. The minimum absolute atomic E-state index is 0.0591. The van der Waals surface area contributed by atoms with Gasteiger partial charge in [0.05, 0.1) is 25.2 Å². The van der Waals surface area contributed by atoms with E-state index >= 15 is 0 Å². The Kier molecular flexibility index (Phi) is 4.88. The van der Waals surface area contributed by atoms with E-state index in [2.05, 4.69) is 18.8 Å². The highest BCUT2D eigenvalue weighted by molar-refractivity contribution is 5.21. The maximum Gasteiger partial charge on any atom is 0.174 e. The van der Waals surface area contributed by atoms with Crippen LogP contribution >= 0.6 is 0 Å². The first-order chi connectivity index (χ1) is 12.0. The molecule has 1 aliphatic heterocycles. The molecular weight excluding hydrogens is 316 g/mol. The van der Waals surface area contributed by atoms with Gasteiger partial charge in [-0.3, -0.25) is 0 Å². The lowest BCUT2D eigenvalue weighted by atomic mass is 9.47. The molecule has 4 nitrogen and oxygen atoms in total. The van der Waals surface area contributed by atoms with Crippen LogP contribution in [0.25, 0.3) is 0 Å². The summed E-state index contributed by atoms with van der Waals surface area (Å²) < 4.78 is 11.9. The van der Waals surface area contributed by atoms with Crippen molar-refractivity contribution < 1.29 is 19.7 Å². The standard InChI is InChI=1S/C21H32O4/c1-20-10-9-19(23)17(18(20)14-21(20)24-11-12-25-21)8-7-16(22)13-15-5-3-2-4-6-15/h15-19,22-23H,2-6,9-14H2,1H3/t16-,17-,18-,19-,20+/m1/s1. The summed E-state index contributed by atoms with van der Waals surface area (Å²) in [5.41, 5.74) is -0.0591. The number of aliphatic hydroxyl groups is 2. The molecule has 5 atom stereocenters. The predicted molar refractivity (Wildman–Crippen MR) is 94.6 cm³/mol. The summed E-state index contributed by atoms with van der Waals surface area (Å²) in [4.78, 5) is 0. The van der Waals surface area contributed by atoms with Crippen molar-refractivity contribution in [3.8, 4) is 11.8 Å². The summed E-state index contributed by atoms with van der Waals surface area (Å²) in [6.45, 7) is 3.56. The molecule has 25 heavy (non-hydrogen) atoms. The molecule has 4 heteroatoms. The Hall–Kier alpha value is -0.600. The molecule has 0 unspecified atom stereocenters. The summed E-state index contributed by atoms with van der Waals surface area (Å²) in [6.07, 6.45) is 8.66. The topological polar surface area (TPSA) is 58.9 Å². The molecule has 1 saturated heterocycles. The van der Waals surface area contributed by atoms with Gasteiger partial charge >= 0.3 is 0 Å². The van der Waals surface area contributed by atoms with E-state index in [1.54, 1.807) is 0 Å². The van der Waals surface area contributed by atoms with Gasteiger partial charge in [0.25, 0.3) is 0 Å². The van der Waals surface area contributed by atoms with Crippen LogP contribution in [-0.4, -0.2) is 41.4 Å². The van der Waals surface area contributed by atoms with Crippen molar-refractivity contribution >= 4 is 0 Å². The third-order valence-corrected chi connectivity index (χ3v) is 7.44. The zero-order valence-electron chi connectivity index (χ0n) is 15.4. The second-order valence-corrected chi connectivity index (χ2v) is 8.85. The van der Waals surface area contributed by atoms with Gasteiger partial charge in [0.15, 0.2) is 5.79 Å². The quantitative estimate of drug-likeness (QED) is 0.754. The van der Waals surface area contributed by atoms with Crippen molar-refractivity contribution in [3.63, 3.8) is 0 Å². The van der Waals surface area contributed by atoms with E-state index in [0.717, 1.165) is 25.7 Å². The van der Waals surface area contributed by atoms with Gasteiger partial charge in [-0.15, -0.1) is 0 Å². The van der Waals surface area contributed by atoms with Crippen LogP contribution in [0, 0.1) is 35.0 Å². The number of hydrogen-bond donors (Lipinski definition) is 2. The molecule has 3 saturated carbocycles. The molecule has 0 bridgehead atoms. The van der Waals surface area contributed by atoms with Gasteiger partial charge in [-0.1, -0.05) is 50.9 Å². The Morgan fingerprint density at radius 3 is 2.56 bits per heavy atom. The summed E-state index contributed by atoms with van der Waals surface area (Å²) in [7, 11) is 0. The maximum atomic E-state index is 10.5. The predicted octanol–water partition coefficient (Wildman–Crippen LogP) is 2.86. The van der Waals surface area contributed by atoms with Gasteiger partial charge in [0.2, 0.25) is 0 Å². The first-order valence-corrected chi connectivity index (χ1v) is 10.2. The van der Waals surface area contributed by atoms with Crippen LogP contribution in [0.15, 0.2) is 0 Å². The fraction of sp³-hybridized carbons (Fsp3) is 0.905. The van der Waals surface area contributed by atoms with Crippen LogP contribution in [0.5, 0.6) is 0 Å². The van der Waals surface area contributed by atoms with Gasteiger partial charge in [0, 0.05) is 11.8 Å². The van der Waals surface area contributed by atoms with Crippen LogP contribution in [0.4, 0.5) is 0 Å². The minimum atomic E-state index is -0.559. The van der Waals surface area contributed by atoms with Crippen LogP contribution in [0.1, 0.15) is 64.7 Å². The van der Waals surface area contributed by atoms with E-state index in [-0.39, 0.29) is 11.3 Å². The molecule has 140 valence electrons. The van der Waals surface area contributed by atoms with Gasteiger partial charge in [0.1, 0.15) is 6.10 Å². The zero-order valence-corrected chi connectivity index (χ0v) is 15.4. The van der Waals surface area contributed by atoms with Crippen molar-refractivity contribution in [2.24, 2.45) is 23.2 Å². The number of rotatable bonds is 2. The largest absolute Gasteiger partial charge is 0.392 e. The maximum absolute atomic E-state index is 10.5. The van der Waals surface area contributed by atoms with E-state index in [1.807, 2.05) is 0 Å². The molecule has 1 heterocycles. The minimum Gasteiger partial charge on any atom is -0.392 e. The molecule has 0 amide bonds. The fourth-order valence-corrected chi connectivity index (χ4v) is 5.78. The lowest BCUT2D eigenvalue weighted by Gasteiger charge is -2.64. The molecule has 0 aromatic rings. The summed E-state index contributed by atoms with van der Waals surface area (Å²) in [5, 5.41) is 20.9. The van der Waals surface area contributed by atoms with Crippen molar-refractivity contribution in [1.29, 1.82) is 0 Å². The number of fused-ring (bicyclic) bond motifs is 2. The highest BCUT2D eigenvalue weighted by Crippen LogP contribution is 2.66. The Labute approximate surface area is 151 Å². The van der Waals surface area contributed by atoms with Crippen LogP contribution in [0.2, 0.25) is 0 Å². The first-order valence-electron chi connectivity index (χ1n) is 10.2.